The third kappa shape index (κ3) is 3.00. The van der Waals surface area contributed by atoms with Crippen LogP contribution in [0.15, 0.2) is 30.3 Å². The van der Waals surface area contributed by atoms with E-state index in [1.807, 2.05) is 30.3 Å². The fraction of sp³-hybridized carbons (Fsp3) is 0.500. The van der Waals surface area contributed by atoms with E-state index in [1.165, 1.54) is 0 Å². The maximum absolute atomic E-state index is 13.3. The zero-order valence-electron chi connectivity index (χ0n) is 9.07. The number of rotatable bonds is 2. The van der Waals surface area contributed by atoms with Gasteiger partial charge in [0, 0.05) is 25.6 Å². The maximum atomic E-state index is 13.3. The predicted molar refractivity (Wildman–Crippen MR) is 59.3 cm³/mol. The van der Waals surface area contributed by atoms with Gasteiger partial charge in [0.2, 0.25) is 0 Å². The minimum atomic E-state index is -2.65. The number of likely N-dealkylation sites (tertiary alicyclic amines) is 1. The van der Waals surface area contributed by atoms with Crippen LogP contribution in [0.2, 0.25) is 0 Å². The summed E-state index contributed by atoms with van der Waals surface area (Å²) in [7, 11) is 0. The Balaban J connectivity index is 2.00. The Morgan fingerprint density at radius 3 is 2.62 bits per heavy atom. The third-order valence-electron chi connectivity index (χ3n) is 2.76. The van der Waals surface area contributed by atoms with Gasteiger partial charge < -0.3 is 5.73 Å². The van der Waals surface area contributed by atoms with Crippen molar-refractivity contribution in [1.82, 2.24) is 4.90 Å². The number of nitrogens with zero attached hydrogens (tertiary/aromatic N) is 1. The molecule has 0 unspecified atom stereocenters. The monoisotopic (exact) mass is 226 g/mol. The van der Waals surface area contributed by atoms with Gasteiger partial charge in [-0.05, 0) is 5.56 Å². The molecule has 1 heterocycles. The molecule has 0 amide bonds. The fourth-order valence-corrected chi connectivity index (χ4v) is 2.20. The standard InChI is InChI=1S/C12H16F2N2/c13-12(14)6-11(15)8-16(9-12)7-10-4-2-1-3-5-10/h1-5,11H,6-9,15H2/t11-/m0/s1. The molecule has 2 N–H and O–H groups in total. The Bertz CT molecular complexity index is 340. The molecule has 1 atom stereocenters. The van der Waals surface area contributed by atoms with Crippen LogP contribution in [0.4, 0.5) is 8.78 Å². The zero-order chi connectivity index (χ0) is 11.6. The molecule has 0 saturated carbocycles. The molecule has 0 aliphatic carbocycles. The van der Waals surface area contributed by atoms with Crippen LogP contribution in [0.3, 0.4) is 0 Å². The van der Waals surface area contributed by atoms with Crippen molar-refractivity contribution in [2.75, 3.05) is 13.1 Å². The van der Waals surface area contributed by atoms with Gasteiger partial charge in [0.25, 0.3) is 5.92 Å². The summed E-state index contributed by atoms with van der Waals surface area (Å²) in [5.41, 5.74) is 6.68. The Hall–Kier alpha value is -1.00. The van der Waals surface area contributed by atoms with Crippen molar-refractivity contribution < 1.29 is 8.78 Å². The van der Waals surface area contributed by atoms with Crippen molar-refractivity contribution in [2.24, 2.45) is 5.73 Å². The van der Waals surface area contributed by atoms with Crippen LogP contribution < -0.4 is 5.73 Å². The first-order valence-corrected chi connectivity index (χ1v) is 5.45. The number of halogens is 2. The van der Waals surface area contributed by atoms with E-state index in [9.17, 15) is 8.78 Å². The molecule has 2 nitrogen and oxygen atoms in total. The lowest BCUT2D eigenvalue weighted by molar-refractivity contribution is -0.0726. The molecule has 1 saturated heterocycles. The Morgan fingerprint density at radius 1 is 1.31 bits per heavy atom. The lowest BCUT2D eigenvalue weighted by Crippen LogP contribution is -2.51. The van der Waals surface area contributed by atoms with E-state index >= 15 is 0 Å². The number of benzene rings is 1. The molecule has 1 aliphatic heterocycles. The fourth-order valence-electron chi connectivity index (χ4n) is 2.20. The van der Waals surface area contributed by atoms with Crippen LogP contribution in [0.5, 0.6) is 0 Å². The second-order valence-electron chi connectivity index (χ2n) is 4.48. The highest BCUT2D eigenvalue weighted by Crippen LogP contribution is 2.26. The summed E-state index contributed by atoms with van der Waals surface area (Å²) in [6.45, 7) is 0.907. The van der Waals surface area contributed by atoms with E-state index in [0.717, 1.165) is 5.56 Å². The van der Waals surface area contributed by atoms with E-state index in [4.69, 9.17) is 5.73 Å². The number of hydrogen-bond donors (Lipinski definition) is 1. The van der Waals surface area contributed by atoms with Gasteiger partial charge in [-0.3, -0.25) is 4.90 Å². The van der Waals surface area contributed by atoms with Crippen molar-refractivity contribution in [3.05, 3.63) is 35.9 Å². The summed E-state index contributed by atoms with van der Waals surface area (Å²) in [6.07, 6.45) is -0.196. The molecule has 1 aliphatic rings. The minimum Gasteiger partial charge on any atom is -0.326 e. The van der Waals surface area contributed by atoms with Crippen molar-refractivity contribution in [2.45, 2.75) is 24.9 Å². The normalized spacial score (nSPS) is 25.6. The second kappa shape index (κ2) is 4.47. The molecule has 1 aromatic carbocycles. The quantitative estimate of drug-likeness (QED) is 0.834. The molecule has 16 heavy (non-hydrogen) atoms. The van der Waals surface area contributed by atoms with E-state index in [0.29, 0.717) is 13.1 Å². The van der Waals surface area contributed by atoms with Crippen molar-refractivity contribution in [3.8, 4) is 0 Å². The van der Waals surface area contributed by atoms with Gasteiger partial charge in [-0.25, -0.2) is 8.78 Å². The number of alkyl halides is 2. The van der Waals surface area contributed by atoms with Crippen LogP contribution in [0.1, 0.15) is 12.0 Å². The highest BCUT2D eigenvalue weighted by Gasteiger charge is 2.38. The SMILES string of the molecule is N[C@@H]1CN(Cc2ccccc2)CC(F)(F)C1. The third-order valence-corrected chi connectivity index (χ3v) is 2.76. The molecule has 1 fully saturated rings. The van der Waals surface area contributed by atoms with Crippen molar-refractivity contribution in [1.29, 1.82) is 0 Å². The first-order chi connectivity index (χ1) is 7.55. The second-order valence-corrected chi connectivity index (χ2v) is 4.48. The van der Waals surface area contributed by atoms with E-state index in [-0.39, 0.29) is 13.0 Å². The van der Waals surface area contributed by atoms with Crippen LogP contribution >= 0.6 is 0 Å². The summed E-state index contributed by atoms with van der Waals surface area (Å²) in [6, 6.07) is 9.21. The molecule has 4 heteroatoms. The molecule has 2 rings (SSSR count). The van der Waals surface area contributed by atoms with Crippen LogP contribution in [-0.4, -0.2) is 30.0 Å². The molecule has 0 radical (unpaired) electrons. The van der Waals surface area contributed by atoms with Gasteiger partial charge in [0.05, 0.1) is 6.54 Å². The van der Waals surface area contributed by atoms with Crippen LogP contribution in [0.25, 0.3) is 0 Å². The molecular weight excluding hydrogens is 210 g/mol. The molecule has 88 valence electrons. The minimum absolute atomic E-state index is 0.185. The van der Waals surface area contributed by atoms with Gasteiger partial charge in [-0.1, -0.05) is 30.3 Å². The lowest BCUT2D eigenvalue weighted by atomic mass is 10.0. The number of piperidine rings is 1. The molecule has 0 aromatic heterocycles. The van der Waals surface area contributed by atoms with Gasteiger partial charge in [0.15, 0.2) is 0 Å². The summed E-state index contributed by atoms with van der Waals surface area (Å²) >= 11 is 0. The number of nitrogens with two attached hydrogens (primary N) is 1. The first kappa shape index (κ1) is 11.5. The molecule has 0 bridgehead atoms. The maximum Gasteiger partial charge on any atom is 0.262 e. The van der Waals surface area contributed by atoms with Gasteiger partial charge in [-0.2, -0.15) is 0 Å². The largest absolute Gasteiger partial charge is 0.326 e. The average molecular weight is 226 g/mol. The Kier molecular flexibility index (Phi) is 3.21. The Morgan fingerprint density at radius 2 is 2.00 bits per heavy atom. The van der Waals surface area contributed by atoms with Gasteiger partial charge in [0.1, 0.15) is 0 Å². The highest BCUT2D eigenvalue weighted by atomic mass is 19.3. The predicted octanol–water partition coefficient (Wildman–Crippen LogP) is 1.85. The van der Waals surface area contributed by atoms with Gasteiger partial charge >= 0.3 is 0 Å². The Labute approximate surface area is 94.0 Å². The smallest absolute Gasteiger partial charge is 0.262 e. The molecular formula is C12H16F2N2. The molecule has 1 aromatic rings. The van der Waals surface area contributed by atoms with Gasteiger partial charge in [-0.15, -0.1) is 0 Å². The van der Waals surface area contributed by atoms with Crippen LogP contribution in [-0.2, 0) is 6.54 Å². The summed E-state index contributed by atoms with van der Waals surface area (Å²) < 4.78 is 26.6. The number of hydrogen-bond acceptors (Lipinski definition) is 2. The van der Waals surface area contributed by atoms with E-state index in [2.05, 4.69) is 0 Å². The summed E-state index contributed by atoms with van der Waals surface area (Å²) in [5.74, 6) is -2.65. The lowest BCUT2D eigenvalue weighted by Gasteiger charge is -2.36. The topological polar surface area (TPSA) is 29.3 Å². The van der Waals surface area contributed by atoms with Crippen LogP contribution in [0, 0.1) is 0 Å². The van der Waals surface area contributed by atoms with E-state index < -0.39 is 12.0 Å². The first-order valence-electron chi connectivity index (χ1n) is 5.45. The summed E-state index contributed by atoms with van der Waals surface area (Å²) in [5, 5.41) is 0. The highest BCUT2D eigenvalue weighted by molar-refractivity contribution is 5.14. The average Bonchev–Trinajstić information content (AvgIpc) is 2.15. The van der Waals surface area contributed by atoms with E-state index in [1.54, 1.807) is 4.90 Å². The van der Waals surface area contributed by atoms with Crippen molar-refractivity contribution in [3.63, 3.8) is 0 Å². The summed E-state index contributed by atoms with van der Waals surface area (Å²) in [4.78, 5) is 1.73. The molecule has 0 spiro atoms. The van der Waals surface area contributed by atoms with Crippen molar-refractivity contribution >= 4 is 0 Å². The zero-order valence-corrected chi connectivity index (χ0v) is 9.07.